The highest BCUT2D eigenvalue weighted by Crippen LogP contribution is 2.29. The molecule has 13 heavy (non-hydrogen) atoms. The summed E-state index contributed by atoms with van der Waals surface area (Å²) in [4.78, 5) is 11.5. The summed E-state index contributed by atoms with van der Waals surface area (Å²) in [5.74, 6) is -0.642. The first-order valence-corrected chi connectivity index (χ1v) is 4.27. The van der Waals surface area contributed by atoms with Gasteiger partial charge in [0.1, 0.15) is 0 Å². The van der Waals surface area contributed by atoms with Gasteiger partial charge in [-0.2, -0.15) is 5.26 Å². The van der Waals surface area contributed by atoms with Gasteiger partial charge in [-0.25, -0.2) is 4.79 Å². The van der Waals surface area contributed by atoms with Crippen molar-refractivity contribution in [3.63, 3.8) is 0 Å². The minimum absolute atomic E-state index is 0.131. The van der Waals surface area contributed by atoms with Crippen LogP contribution in [-0.4, -0.2) is 12.6 Å². The average Bonchev–Trinajstić information content (AvgIpc) is 2.07. The first kappa shape index (κ1) is 11.7. The van der Waals surface area contributed by atoms with Crippen LogP contribution in [0.2, 0.25) is 0 Å². The van der Waals surface area contributed by atoms with E-state index in [-0.39, 0.29) is 12.5 Å². The number of nitrogens with zero attached hydrogens (tertiary/aromatic N) is 1. The molecular formula is C10H15NO2. The van der Waals surface area contributed by atoms with Crippen LogP contribution in [0.1, 0.15) is 20.8 Å². The number of rotatable bonds is 4. The van der Waals surface area contributed by atoms with Crippen molar-refractivity contribution in [2.45, 2.75) is 20.8 Å². The molecule has 0 aromatic heterocycles. The van der Waals surface area contributed by atoms with Crippen molar-refractivity contribution in [3.8, 4) is 6.07 Å². The molecule has 0 fully saturated rings. The maximum Gasteiger partial charge on any atom is 0.330 e. The number of hydrogen-bond donors (Lipinski definition) is 0. The number of carbonyl (C=O) groups is 1. The van der Waals surface area contributed by atoms with Gasteiger partial charge < -0.3 is 4.74 Å². The van der Waals surface area contributed by atoms with Crippen molar-refractivity contribution in [1.29, 1.82) is 5.26 Å². The summed E-state index contributed by atoms with van der Waals surface area (Å²) in [6.07, 6.45) is 1.36. The van der Waals surface area contributed by atoms with E-state index in [1.54, 1.807) is 20.8 Å². The third-order valence-electron chi connectivity index (χ3n) is 2.03. The van der Waals surface area contributed by atoms with Gasteiger partial charge in [-0.1, -0.05) is 19.9 Å². The zero-order valence-corrected chi connectivity index (χ0v) is 8.33. The van der Waals surface area contributed by atoms with E-state index in [0.29, 0.717) is 0 Å². The Balaban J connectivity index is 4.90. The molecule has 0 aromatic carbocycles. The molecule has 0 aliphatic rings. The molecule has 3 heteroatoms. The number of nitriles is 1. The normalized spacial score (nSPS) is 14.4. The van der Waals surface area contributed by atoms with E-state index >= 15 is 0 Å². The van der Waals surface area contributed by atoms with Gasteiger partial charge in [-0.05, 0) is 12.8 Å². The molecule has 0 N–H and O–H groups in total. The fourth-order valence-electron chi connectivity index (χ4n) is 1.03. The number of ether oxygens (including phenoxy) is 1. The van der Waals surface area contributed by atoms with Crippen LogP contribution in [0.5, 0.6) is 0 Å². The van der Waals surface area contributed by atoms with Crippen molar-refractivity contribution in [3.05, 3.63) is 12.7 Å². The smallest absolute Gasteiger partial charge is 0.330 e. The molecule has 0 spiro atoms. The lowest BCUT2D eigenvalue weighted by Crippen LogP contribution is -2.34. The second-order valence-electron chi connectivity index (χ2n) is 3.06. The van der Waals surface area contributed by atoms with Gasteiger partial charge in [0, 0.05) is 0 Å². The molecule has 0 radical (unpaired) electrons. The van der Waals surface area contributed by atoms with Crippen LogP contribution in [0, 0.1) is 22.7 Å². The molecule has 0 bridgehead atoms. The predicted octanol–water partition coefficient (Wildman–Crippen LogP) is 1.90. The molecule has 0 aliphatic carbocycles. The molecule has 0 heterocycles. The monoisotopic (exact) mass is 181 g/mol. The van der Waals surface area contributed by atoms with Gasteiger partial charge in [0.15, 0.2) is 5.41 Å². The van der Waals surface area contributed by atoms with E-state index in [4.69, 9.17) is 10.00 Å². The fourth-order valence-corrected chi connectivity index (χ4v) is 1.03. The van der Waals surface area contributed by atoms with E-state index in [0.717, 1.165) is 0 Å². The van der Waals surface area contributed by atoms with Crippen molar-refractivity contribution < 1.29 is 9.53 Å². The molecule has 0 saturated carbocycles. The summed E-state index contributed by atoms with van der Waals surface area (Å²) in [6.45, 7) is 9.08. The van der Waals surface area contributed by atoms with Crippen molar-refractivity contribution in [1.82, 2.24) is 0 Å². The van der Waals surface area contributed by atoms with E-state index in [9.17, 15) is 4.79 Å². The van der Waals surface area contributed by atoms with Crippen LogP contribution in [0.15, 0.2) is 12.7 Å². The molecule has 0 amide bonds. The number of esters is 1. The Morgan fingerprint density at radius 2 is 2.31 bits per heavy atom. The quantitative estimate of drug-likeness (QED) is 0.491. The average molecular weight is 181 g/mol. The zero-order chi connectivity index (χ0) is 10.5. The third kappa shape index (κ3) is 2.09. The Morgan fingerprint density at radius 1 is 1.77 bits per heavy atom. The topological polar surface area (TPSA) is 50.1 Å². The lowest BCUT2D eigenvalue weighted by Gasteiger charge is -2.23. The maximum atomic E-state index is 11.5. The van der Waals surface area contributed by atoms with E-state index in [1.807, 2.05) is 6.07 Å². The SMILES string of the molecule is C=CC(C#N)(C(=O)OCC)C(C)C. The zero-order valence-electron chi connectivity index (χ0n) is 8.33. The summed E-state index contributed by atoms with van der Waals surface area (Å²) >= 11 is 0. The first-order valence-electron chi connectivity index (χ1n) is 4.27. The molecule has 0 saturated heterocycles. The lowest BCUT2D eigenvalue weighted by molar-refractivity contribution is -0.151. The molecule has 3 nitrogen and oxygen atoms in total. The molecule has 1 unspecified atom stereocenters. The van der Waals surface area contributed by atoms with Crippen molar-refractivity contribution in [2.75, 3.05) is 6.61 Å². The Bertz CT molecular complexity index is 240. The molecule has 0 rings (SSSR count). The second kappa shape index (κ2) is 4.66. The molecule has 1 atom stereocenters. The Hall–Kier alpha value is -1.30. The fraction of sp³-hybridized carbons (Fsp3) is 0.600. The minimum Gasteiger partial charge on any atom is -0.465 e. The summed E-state index contributed by atoms with van der Waals surface area (Å²) in [5.41, 5.74) is -1.20. The van der Waals surface area contributed by atoms with Gasteiger partial charge in [0.05, 0.1) is 12.7 Å². The van der Waals surface area contributed by atoms with E-state index < -0.39 is 11.4 Å². The van der Waals surface area contributed by atoms with Crippen molar-refractivity contribution >= 4 is 5.97 Å². The highest BCUT2D eigenvalue weighted by molar-refractivity contribution is 5.82. The van der Waals surface area contributed by atoms with Crippen LogP contribution >= 0.6 is 0 Å². The van der Waals surface area contributed by atoms with Gasteiger partial charge in [-0.3, -0.25) is 0 Å². The van der Waals surface area contributed by atoms with Gasteiger partial charge in [0.2, 0.25) is 0 Å². The highest BCUT2D eigenvalue weighted by atomic mass is 16.5. The largest absolute Gasteiger partial charge is 0.465 e. The molecule has 0 aliphatic heterocycles. The number of carbonyl (C=O) groups excluding carboxylic acids is 1. The molecular weight excluding hydrogens is 166 g/mol. The summed E-state index contributed by atoms with van der Waals surface area (Å²) in [5, 5.41) is 8.92. The Labute approximate surface area is 79.0 Å². The van der Waals surface area contributed by atoms with Crippen LogP contribution in [-0.2, 0) is 9.53 Å². The standard InChI is InChI=1S/C10H15NO2/c1-5-10(7-11,8(3)4)9(12)13-6-2/h5,8H,1,6H2,2-4H3. The van der Waals surface area contributed by atoms with Crippen molar-refractivity contribution in [2.24, 2.45) is 11.3 Å². The van der Waals surface area contributed by atoms with Gasteiger partial charge >= 0.3 is 5.97 Å². The summed E-state index contributed by atoms with van der Waals surface area (Å²) in [6, 6.07) is 1.96. The van der Waals surface area contributed by atoms with Crippen LogP contribution < -0.4 is 0 Å². The van der Waals surface area contributed by atoms with Crippen LogP contribution in [0.3, 0.4) is 0 Å². The highest BCUT2D eigenvalue weighted by Gasteiger charge is 2.40. The predicted molar refractivity (Wildman–Crippen MR) is 49.7 cm³/mol. The Kier molecular flexibility index (Phi) is 4.19. The second-order valence-corrected chi connectivity index (χ2v) is 3.06. The minimum atomic E-state index is -1.20. The summed E-state index contributed by atoms with van der Waals surface area (Å²) < 4.78 is 4.82. The Morgan fingerprint density at radius 3 is 2.54 bits per heavy atom. The van der Waals surface area contributed by atoms with Gasteiger partial charge in [0.25, 0.3) is 0 Å². The van der Waals surface area contributed by atoms with Crippen LogP contribution in [0.25, 0.3) is 0 Å². The molecule has 0 aromatic rings. The van der Waals surface area contributed by atoms with Gasteiger partial charge in [-0.15, -0.1) is 6.58 Å². The first-order chi connectivity index (χ1) is 6.05. The number of hydrogen-bond acceptors (Lipinski definition) is 3. The lowest BCUT2D eigenvalue weighted by atomic mass is 9.79. The summed E-state index contributed by atoms with van der Waals surface area (Å²) in [7, 11) is 0. The van der Waals surface area contributed by atoms with Crippen LogP contribution in [0.4, 0.5) is 0 Å². The third-order valence-corrected chi connectivity index (χ3v) is 2.03. The van der Waals surface area contributed by atoms with E-state index in [2.05, 4.69) is 6.58 Å². The maximum absolute atomic E-state index is 11.5. The molecule has 72 valence electrons. The van der Waals surface area contributed by atoms with E-state index in [1.165, 1.54) is 6.08 Å².